The summed E-state index contributed by atoms with van der Waals surface area (Å²) in [7, 11) is 0. The molecule has 3 amide bonds. The van der Waals surface area contributed by atoms with E-state index in [0.717, 1.165) is 41.7 Å². The van der Waals surface area contributed by atoms with Crippen LogP contribution in [0.4, 0.5) is 11.4 Å². The number of halogens is 1. The van der Waals surface area contributed by atoms with Crippen LogP contribution in [0.1, 0.15) is 63.9 Å². The molecular weight excluding hydrogens is 542 g/mol. The van der Waals surface area contributed by atoms with Crippen LogP contribution < -0.4 is 10.6 Å². The van der Waals surface area contributed by atoms with E-state index in [9.17, 15) is 19.2 Å². The Hall–Kier alpha value is -4.43. The molecule has 0 bridgehead atoms. The van der Waals surface area contributed by atoms with Crippen molar-refractivity contribution < 1.29 is 23.9 Å². The molecule has 41 heavy (non-hydrogen) atoms. The average molecular weight is 572 g/mol. The van der Waals surface area contributed by atoms with Gasteiger partial charge in [0.15, 0.2) is 0 Å². The number of rotatable bonds is 8. The zero-order valence-corrected chi connectivity index (χ0v) is 23.4. The van der Waals surface area contributed by atoms with Crippen molar-refractivity contribution in [3.8, 4) is 0 Å². The second-order valence-corrected chi connectivity index (χ2v) is 10.6. The molecule has 2 N–H and O–H groups in total. The van der Waals surface area contributed by atoms with E-state index in [1.807, 2.05) is 37.3 Å². The monoisotopic (exact) mass is 571 g/mol. The molecule has 0 radical (unpaired) electrons. The molecule has 210 valence electrons. The van der Waals surface area contributed by atoms with Gasteiger partial charge in [0.25, 0.3) is 17.7 Å². The standard InChI is InChI=1S/C32H30ClN3O5/c1-20-12-13-23(29(37)34-24-16-14-22(15-17-24)32(40)41-25-10-6-3-7-11-25)18-26(20)35-28-27(33)30(38)36(31(28)39)19-21-8-4-2-5-9-21/h2,4-5,8-9,12-18,25,35H,3,6-7,10-11,19H2,1H3,(H,34,37). The SMILES string of the molecule is Cc1ccc(C(=O)Nc2ccc(C(=O)OC3CCCCC3)cc2)cc1NC1=C(Cl)C(=O)N(Cc2ccccc2)C1=O. The number of amides is 3. The number of nitrogens with zero attached hydrogens (tertiary/aromatic N) is 1. The molecule has 2 aliphatic rings. The number of benzene rings is 3. The van der Waals surface area contributed by atoms with Crippen LogP contribution in [0.25, 0.3) is 0 Å². The lowest BCUT2D eigenvalue weighted by Gasteiger charge is -2.21. The lowest BCUT2D eigenvalue weighted by atomic mass is 9.98. The van der Waals surface area contributed by atoms with Gasteiger partial charge < -0.3 is 15.4 Å². The van der Waals surface area contributed by atoms with Crippen LogP contribution in [0.2, 0.25) is 0 Å². The molecule has 0 spiro atoms. The molecule has 1 aliphatic heterocycles. The summed E-state index contributed by atoms with van der Waals surface area (Å²) in [5.41, 5.74) is 3.24. The van der Waals surface area contributed by atoms with E-state index < -0.39 is 11.8 Å². The number of carbonyl (C=O) groups is 4. The number of hydrogen-bond acceptors (Lipinski definition) is 6. The lowest BCUT2D eigenvalue weighted by molar-refractivity contribution is -0.138. The maximum absolute atomic E-state index is 13.1. The highest BCUT2D eigenvalue weighted by molar-refractivity contribution is 6.48. The first-order valence-corrected chi connectivity index (χ1v) is 14.0. The second kappa shape index (κ2) is 12.4. The molecule has 8 nitrogen and oxygen atoms in total. The van der Waals surface area contributed by atoms with Crippen LogP contribution in [0.15, 0.2) is 83.5 Å². The van der Waals surface area contributed by atoms with Gasteiger partial charge in [-0.05, 0) is 80.1 Å². The first-order valence-electron chi connectivity index (χ1n) is 13.6. The summed E-state index contributed by atoms with van der Waals surface area (Å²) in [5.74, 6) is -1.87. The summed E-state index contributed by atoms with van der Waals surface area (Å²) >= 11 is 6.28. The van der Waals surface area contributed by atoms with E-state index in [0.29, 0.717) is 22.5 Å². The van der Waals surface area contributed by atoms with Crippen LogP contribution in [-0.4, -0.2) is 34.7 Å². The van der Waals surface area contributed by atoms with E-state index in [4.69, 9.17) is 16.3 Å². The van der Waals surface area contributed by atoms with Gasteiger partial charge in [0.2, 0.25) is 0 Å². The van der Waals surface area contributed by atoms with Crippen molar-refractivity contribution in [2.75, 3.05) is 10.6 Å². The molecule has 5 rings (SSSR count). The molecule has 1 aliphatic carbocycles. The van der Waals surface area contributed by atoms with Crippen LogP contribution >= 0.6 is 11.6 Å². The fourth-order valence-electron chi connectivity index (χ4n) is 4.89. The van der Waals surface area contributed by atoms with Gasteiger partial charge in [-0.1, -0.05) is 54.4 Å². The third-order valence-electron chi connectivity index (χ3n) is 7.26. The van der Waals surface area contributed by atoms with Gasteiger partial charge in [0.05, 0.1) is 12.1 Å². The van der Waals surface area contributed by atoms with Crippen molar-refractivity contribution in [1.29, 1.82) is 0 Å². The summed E-state index contributed by atoms with van der Waals surface area (Å²) in [6.07, 6.45) is 5.09. The Labute approximate surface area is 243 Å². The molecule has 0 atom stereocenters. The molecule has 9 heteroatoms. The van der Waals surface area contributed by atoms with Gasteiger partial charge >= 0.3 is 5.97 Å². The number of imide groups is 1. The minimum absolute atomic E-state index is 0.0322. The van der Waals surface area contributed by atoms with Crippen LogP contribution in [0.3, 0.4) is 0 Å². The Bertz CT molecular complexity index is 1510. The van der Waals surface area contributed by atoms with Crippen molar-refractivity contribution in [3.05, 3.63) is 106 Å². The van der Waals surface area contributed by atoms with Crippen molar-refractivity contribution in [3.63, 3.8) is 0 Å². The first-order chi connectivity index (χ1) is 19.8. The van der Waals surface area contributed by atoms with Crippen LogP contribution in [0.5, 0.6) is 0 Å². The largest absolute Gasteiger partial charge is 0.459 e. The number of ether oxygens (including phenoxy) is 1. The maximum Gasteiger partial charge on any atom is 0.338 e. The summed E-state index contributed by atoms with van der Waals surface area (Å²) < 4.78 is 5.61. The number of esters is 1. The van der Waals surface area contributed by atoms with E-state index in [2.05, 4.69) is 10.6 Å². The minimum Gasteiger partial charge on any atom is -0.459 e. The molecule has 0 aromatic heterocycles. The molecule has 1 heterocycles. The quantitative estimate of drug-likeness (QED) is 0.247. The Morgan fingerprint density at radius 3 is 2.29 bits per heavy atom. The Morgan fingerprint density at radius 2 is 1.59 bits per heavy atom. The zero-order valence-electron chi connectivity index (χ0n) is 22.6. The van der Waals surface area contributed by atoms with E-state index in [1.165, 1.54) is 6.42 Å². The maximum atomic E-state index is 13.1. The fraction of sp³-hybridized carbons (Fsp3) is 0.250. The summed E-state index contributed by atoms with van der Waals surface area (Å²) in [5, 5.41) is 5.58. The number of hydrogen-bond donors (Lipinski definition) is 2. The number of nitrogens with one attached hydrogen (secondary N) is 2. The van der Waals surface area contributed by atoms with Crippen LogP contribution in [-0.2, 0) is 20.9 Å². The Morgan fingerprint density at radius 1 is 0.902 bits per heavy atom. The smallest absolute Gasteiger partial charge is 0.338 e. The molecule has 3 aromatic rings. The highest BCUT2D eigenvalue weighted by Crippen LogP contribution is 2.29. The van der Waals surface area contributed by atoms with E-state index in [-0.39, 0.29) is 35.3 Å². The number of aryl methyl sites for hydroxylation is 1. The van der Waals surface area contributed by atoms with Crippen molar-refractivity contribution in [2.45, 2.75) is 51.7 Å². The molecule has 0 unspecified atom stereocenters. The summed E-state index contributed by atoms with van der Waals surface area (Å²) in [4.78, 5) is 52.4. The lowest BCUT2D eigenvalue weighted by Crippen LogP contribution is -2.31. The van der Waals surface area contributed by atoms with E-state index >= 15 is 0 Å². The number of carbonyl (C=O) groups excluding carboxylic acids is 4. The second-order valence-electron chi connectivity index (χ2n) is 10.2. The Balaban J connectivity index is 1.24. The zero-order chi connectivity index (χ0) is 28.9. The van der Waals surface area contributed by atoms with Gasteiger partial charge in [-0.2, -0.15) is 0 Å². The first kappa shape index (κ1) is 28.1. The third-order valence-corrected chi connectivity index (χ3v) is 7.61. The van der Waals surface area contributed by atoms with Gasteiger partial charge in [-0.3, -0.25) is 19.3 Å². The normalized spacial score (nSPS) is 15.7. The van der Waals surface area contributed by atoms with Crippen LogP contribution in [0, 0.1) is 6.92 Å². The minimum atomic E-state index is -0.583. The van der Waals surface area contributed by atoms with Gasteiger partial charge in [0.1, 0.15) is 16.8 Å². The predicted molar refractivity (Wildman–Crippen MR) is 156 cm³/mol. The average Bonchev–Trinajstić information content (AvgIpc) is 3.18. The topological polar surface area (TPSA) is 105 Å². The van der Waals surface area contributed by atoms with Crippen molar-refractivity contribution in [1.82, 2.24) is 4.90 Å². The highest BCUT2D eigenvalue weighted by atomic mass is 35.5. The highest BCUT2D eigenvalue weighted by Gasteiger charge is 2.38. The van der Waals surface area contributed by atoms with Crippen molar-refractivity contribution in [2.24, 2.45) is 0 Å². The summed E-state index contributed by atoms with van der Waals surface area (Å²) in [6, 6.07) is 20.7. The molecule has 1 fully saturated rings. The fourth-order valence-corrected chi connectivity index (χ4v) is 5.12. The predicted octanol–water partition coefficient (Wildman–Crippen LogP) is 6.17. The Kier molecular flexibility index (Phi) is 8.50. The van der Waals surface area contributed by atoms with Crippen molar-refractivity contribution >= 4 is 46.7 Å². The number of anilines is 2. The molecule has 0 saturated heterocycles. The molecular formula is C32H30ClN3O5. The van der Waals surface area contributed by atoms with Gasteiger partial charge in [-0.25, -0.2) is 4.79 Å². The molecule has 1 saturated carbocycles. The van der Waals surface area contributed by atoms with Gasteiger partial charge in [-0.15, -0.1) is 0 Å². The van der Waals surface area contributed by atoms with Gasteiger partial charge in [0, 0.05) is 16.9 Å². The molecule has 3 aromatic carbocycles. The third kappa shape index (κ3) is 6.49. The van der Waals surface area contributed by atoms with E-state index in [1.54, 1.807) is 42.5 Å². The summed E-state index contributed by atoms with van der Waals surface area (Å²) in [6.45, 7) is 1.91.